The number of piperidine rings is 4. The van der Waals surface area contributed by atoms with Crippen molar-refractivity contribution in [3.05, 3.63) is 216 Å². The summed E-state index contributed by atoms with van der Waals surface area (Å²) in [4.78, 5) is 74.1. The zero-order chi connectivity index (χ0) is 101. The summed E-state index contributed by atoms with van der Waals surface area (Å²) in [5.74, 6) is 4.08. The Labute approximate surface area is 845 Å². The molecule has 16 aromatic rings. The maximum absolute atomic E-state index is 13.2. The molecule has 16 aromatic heterocycles. The minimum absolute atomic E-state index is 0. The molecule has 20 heterocycles. The van der Waals surface area contributed by atoms with E-state index in [4.69, 9.17) is 33.9 Å². The van der Waals surface area contributed by atoms with Gasteiger partial charge in [-0.3, -0.25) is 27.8 Å². The zero-order valence-corrected chi connectivity index (χ0v) is 82.5. The van der Waals surface area contributed by atoms with Crippen molar-refractivity contribution < 1.29 is 109 Å². The molecule has 4 fully saturated rings. The number of hydrogen-bond acceptors (Lipinski definition) is 30. The van der Waals surface area contributed by atoms with Crippen molar-refractivity contribution in [3.63, 3.8) is 0 Å². The van der Waals surface area contributed by atoms with Crippen molar-refractivity contribution in [3.8, 4) is 46.1 Å². The number of imidazole rings is 4. The van der Waals surface area contributed by atoms with E-state index < -0.39 is 77.1 Å². The first-order valence-electron chi connectivity index (χ1n) is 42.7. The van der Waals surface area contributed by atoms with Crippen LogP contribution < -0.4 is 49.2 Å². The van der Waals surface area contributed by atoms with E-state index in [-0.39, 0.29) is 101 Å². The molecule has 0 bridgehead atoms. The number of H-pyrrole nitrogens is 2. The van der Waals surface area contributed by atoms with Crippen LogP contribution in [-0.2, 0) is 54.4 Å². The van der Waals surface area contributed by atoms with Gasteiger partial charge in [0.1, 0.15) is 56.4 Å². The van der Waals surface area contributed by atoms with Crippen molar-refractivity contribution in [2.24, 2.45) is 0 Å². The van der Waals surface area contributed by atoms with Gasteiger partial charge in [0.2, 0.25) is 0 Å². The largest absolute Gasteiger partial charge is 1.00 e. The topological polar surface area (TPSA) is 442 Å². The van der Waals surface area contributed by atoms with Gasteiger partial charge in [-0.2, -0.15) is 115 Å². The van der Waals surface area contributed by atoms with Gasteiger partial charge < -0.3 is 21.0 Å². The van der Waals surface area contributed by atoms with Gasteiger partial charge in [0, 0.05) is 202 Å². The monoisotopic (exact) mass is 2120 g/mol. The van der Waals surface area contributed by atoms with Crippen molar-refractivity contribution in [2.45, 2.75) is 107 Å². The molecule has 20 rings (SSSR count). The van der Waals surface area contributed by atoms with Crippen LogP contribution in [0.3, 0.4) is 0 Å². The van der Waals surface area contributed by atoms with E-state index in [2.05, 4.69) is 120 Å². The summed E-state index contributed by atoms with van der Waals surface area (Å²) >= 11 is 12.6. The first kappa shape index (κ1) is 106. The van der Waals surface area contributed by atoms with Gasteiger partial charge in [-0.25, -0.2) is 79.7 Å². The minimum atomic E-state index is -4.61. The molecule has 0 aromatic carbocycles. The number of rotatable bonds is 17. The van der Waals surface area contributed by atoms with Crippen LogP contribution in [0.2, 0.25) is 10.3 Å². The molecular formula is C83H87Cl3F12N35NaO6S3. The normalized spacial score (nSPS) is 16.9. The van der Waals surface area contributed by atoms with Gasteiger partial charge in [0.25, 0.3) is 9.24 Å². The number of aromatic nitrogens is 28. The molecule has 4 atom stereocenters. The summed E-state index contributed by atoms with van der Waals surface area (Å²) in [6.45, 7) is 5.57. The predicted molar refractivity (Wildman–Crippen MR) is 497 cm³/mol. The van der Waals surface area contributed by atoms with Crippen molar-refractivity contribution >= 4 is 109 Å². The standard InChI is InChI=1S/C21H21ClF3N9O2S.C21H22F3N9O2S.C19H16ClF3N8.C19H17F3N8.C2H6ClNO2S.CH4.Na.H/c1-31(2)37(35,36)34-19(22)14(8-29-34)13-4-3-7-32(11-13)17-5-6-26-20(30-17)15-9-28-18-10-27-16(12-33(15)18)21(23,24)25;1-30(2)36(34,35)33-12-15(8-28-33)14-4-3-7-31(11-14)18-5-6-25-20(29-18)16-9-27-19-10-26-17(13-32(16)19)21(22,23)24;20-17-12(6-27-29-17)11-2-1-5-30(9-11)15-3-4-24-18(28-15)13-7-26-16-8-25-14(10-31(13)16)19(21,22)23;20-19(21,22)15-11-30-14(8-25-17(30)9-24-15)18-23-4-3-16(28-18)29-5-1-2-12(10-29)13-6-26-27-7-13;1-4(2)7(3,5)6;;;/h5-6,8-10,12-13H,3-4,7,11H2,1-2H3;5-6,8-10,12-14H,3-4,7,11H2,1-2H3;3-4,6-8,10-11H,1-2,5,9H2,(H,27,29);3-4,6-9,11-12H,1-2,5,10H2,(H,26,27);1-2H3;1H4;;/q;;;;;;+1;-1. The fourth-order valence-electron chi connectivity index (χ4n) is 16.0. The fourth-order valence-corrected chi connectivity index (χ4v) is 18.3. The number of nitrogens with one attached hydrogen (secondary N) is 2. The molecule has 754 valence electrons. The van der Waals surface area contributed by atoms with Crippen LogP contribution in [0, 0.1) is 0 Å². The molecular weight excluding hydrogens is 2040 g/mol. The summed E-state index contributed by atoms with van der Waals surface area (Å²) in [5, 5.41) is 22.2. The van der Waals surface area contributed by atoms with Gasteiger partial charge in [0.05, 0.1) is 74.4 Å². The molecule has 143 heavy (non-hydrogen) atoms. The summed E-state index contributed by atoms with van der Waals surface area (Å²) in [5.41, 5.74) is 1.82. The summed E-state index contributed by atoms with van der Waals surface area (Å²) in [7, 11) is 2.17. The summed E-state index contributed by atoms with van der Waals surface area (Å²) in [6.07, 6.45) is 18.8. The van der Waals surface area contributed by atoms with Gasteiger partial charge in [-0.1, -0.05) is 30.6 Å². The molecule has 0 spiro atoms. The molecule has 0 amide bonds. The van der Waals surface area contributed by atoms with Crippen LogP contribution in [0.25, 0.3) is 68.7 Å². The van der Waals surface area contributed by atoms with Gasteiger partial charge in [-0.05, 0) is 86.8 Å². The van der Waals surface area contributed by atoms with Crippen LogP contribution in [-0.4, -0.2) is 269 Å². The number of fused-ring (bicyclic) bond motifs is 4. The average molecular weight is 2120 g/mol. The number of aromatic amines is 2. The van der Waals surface area contributed by atoms with Gasteiger partial charge in [-0.15, -0.1) is 4.09 Å². The Hall–Kier alpha value is -12.4. The molecule has 60 heteroatoms. The van der Waals surface area contributed by atoms with Crippen molar-refractivity contribution in [1.29, 1.82) is 0 Å². The summed E-state index contributed by atoms with van der Waals surface area (Å²) < 4.78 is 237. The Morgan fingerprint density at radius 1 is 0.385 bits per heavy atom. The molecule has 41 nitrogen and oxygen atoms in total. The molecule has 0 saturated carbocycles. The second kappa shape index (κ2) is 43.3. The molecule has 4 unspecified atom stereocenters. The van der Waals surface area contributed by atoms with Gasteiger partial charge >= 0.3 is 74.7 Å². The third kappa shape index (κ3) is 24.0. The van der Waals surface area contributed by atoms with E-state index in [0.29, 0.717) is 95.4 Å². The Morgan fingerprint density at radius 2 is 0.713 bits per heavy atom. The smallest absolute Gasteiger partial charge is 1.00 e. The molecule has 0 radical (unpaired) electrons. The number of halogens is 15. The first-order valence-corrected chi connectivity index (χ1v) is 48.5. The predicted octanol–water partition coefficient (Wildman–Crippen LogP) is 10.6. The second-order valence-electron chi connectivity index (χ2n) is 33.0. The number of alkyl halides is 12. The molecule has 4 aliphatic rings. The first-order chi connectivity index (χ1) is 66.8. The molecule has 4 aliphatic heterocycles. The SMILES string of the molecule is C.CN(C)S(=O)(=O)Cl.CN(C)S(=O)(=O)n1cc(C2CCCN(c3ccnc(-c4cnc5cnc(C(F)(F)F)cn45)n3)C2)cn1.CN(C)S(=O)(=O)n1ncc(C2CCCN(c3ccnc(-c4cnc5cnc(C(F)(F)F)cn45)n3)C2)c1Cl.FC(F)(F)c1cn2c(-c3nccc(N4CCCC(c5cn[nH]c5)C4)n3)cnc2cn1.FC(F)(F)c1cn2c(-c3nccc(N4CCCC(c5cn[nH]c5Cl)C4)n3)cnc2cn1.[H-].[Na+]. The molecule has 2 N–H and O–H groups in total. The second-order valence-corrected chi connectivity index (χ2v) is 40.5. The molecule has 4 saturated heterocycles. The van der Waals surface area contributed by atoms with Crippen LogP contribution in [0.15, 0.2) is 161 Å². The maximum atomic E-state index is 13.2. The number of nitrogens with zero attached hydrogens (tertiary/aromatic N) is 33. The number of hydrogen-bond donors (Lipinski definition) is 2. The van der Waals surface area contributed by atoms with Crippen LogP contribution in [0.5, 0.6) is 0 Å². The fraction of sp³-hybridized carbons (Fsp3) is 0.373. The van der Waals surface area contributed by atoms with Crippen LogP contribution >= 0.6 is 33.9 Å². The summed E-state index contributed by atoms with van der Waals surface area (Å²) in [6, 6.07) is 7.04. The Morgan fingerprint density at radius 3 is 1.02 bits per heavy atom. The Kier molecular flexibility index (Phi) is 32.2. The Balaban J connectivity index is 0.000000157. The number of anilines is 4. The van der Waals surface area contributed by atoms with E-state index in [1.165, 1.54) is 103 Å². The van der Waals surface area contributed by atoms with E-state index in [9.17, 15) is 77.9 Å². The Bertz CT molecular complexity index is 7550. The minimum Gasteiger partial charge on any atom is -1.00 e. The average Bonchev–Trinajstić information content (AvgIpc) is 1.65. The van der Waals surface area contributed by atoms with E-state index in [1.54, 1.807) is 49.2 Å². The zero-order valence-electron chi connectivity index (χ0n) is 76.7. The third-order valence-electron chi connectivity index (χ3n) is 23.3. The van der Waals surface area contributed by atoms with Gasteiger partial charge in [0.15, 0.2) is 68.7 Å². The quantitative estimate of drug-likeness (QED) is 0.0486. The van der Waals surface area contributed by atoms with Crippen molar-refractivity contribution in [2.75, 3.05) is 114 Å². The van der Waals surface area contributed by atoms with Crippen molar-refractivity contribution in [1.82, 2.24) is 149 Å². The van der Waals surface area contributed by atoms with E-state index in [1.807, 2.05) is 28.3 Å². The van der Waals surface area contributed by atoms with Crippen LogP contribution in [0.4, 0.5) is 76.0 Å². The molecule has 0 aliphatic carbocycles. The van der Waals surface area contributed by atoms with E-state index in [0.717, 1.165) is 164 Å². The third-order valence-corrected chi connectivity index (χ3v) is 29.0. The van der Waals surface area contributed by atoms with Crippen LogP contribution in [0.1, 0.15) is 129 Å². The van der Waals surface area contributed by atoms with E-state index >= 15 is 0 Å². The maximum Gasteiger partial charge on any atom is 1.00 e.